The summed E-state index contributed by atoms with van der Waals surface area (Å²) >= 11 is 0. The molecule has 1 aromatic heterocycles. The number of hydrogen-bond donors (Lipinski definition) is 1. The second kappa shape index (κ2) is 7.33. The summed E-state index contributed by atoms with van der Waals surface area (Å²) in [6, 6.07) is 7.54. The van der Waals surface area contributed by atoms with Crippen LogP contribution in [-0.4, -0.2) is 53.2 Å². The Labute approximate surface area is 147 Å². The Morgan fingerprint density at radius 3 is 2.72 bits per heavy atom. The number of aryl methyl sites for hydroxylation is 1. The van der Waals surface area contributed by atoms with Crippen molar-refractivity contribution in [3.05, 3.63) is 40.1 Å². The zero-order chi connectivity index (χ0) is 18.0. The lowest BCUT2D eigenvalue weighted by Crippen LogP contribution is -2.48. The molecular weight excluding hydrogens is 320 g/mol. The van der Waals surface area contributed by atoms with Gasteiger partial charge in [-0.2, -0.15) is 0 Å². The number of nitro benzene ring substituents is 1. The van der Waals surface area contributed by atoms with Crippen LogP contribution < -0.4 is 5.32 Å². The van der Waals surface area contributed by atoms with Crippen molar-refractivity contribution in [1.29, 1.82) is 0 Å². The Balaban J connectivity index is 1.90. The number of aromatic nitrogens is 1. The number of para-hydroxylation sites is 1. The molecule has 2 atom stereocenters. The van der Waals surface area contributed by atoms with Gasteiger partial charge >= 0.3 is 0 Å². The average Bonchev–Trinajstić information content (AvgIpc) is 2.61. The highest BCUT2D eigenvalue weighted by molar-refractivity contribution is 5.96. The number of nitrogens with one attached hydrogen (secondary N) is 1. The average molecular weight is 344 g/mol. The summed E-state index contributed by atoms with van der Waals surface area (Å²) in [5, 5.41) is 15.6. The van der Waals surface area contributed by atoms with Gasteiger partial charge in [-0.15, -0.1) is 0 Å². The molecule has 1 N–H and O–H groups in total. The molecule has 1 fully saturated rings. The fraction of sp³-hybridized carbons (Fsp3) is 0.500. The number of fused-ring (bicyclic) bond motifs is 1. The number of hydrogen-bond acceptors (Lipinski definition) is 6. The maximum Gasteiger partial charge on any atom is 0.295 e. The van der Waals surface area contributed by atoms with E-state index in [1.807, 2.05) is 19.1 Å². The second-order valence-electron chi connectivity index (χ2n) is 6.56. The van der Waals surface area contributed by atoms with E-state index in [-0.39, 0.29) is 16.7 Å². The molecule has 2 heterocycles. The molecule has 0 saturated carbocycles. The summed E-state index contributed by atoms with van der Waals surface area (Å²) in [5.41, 5.74) is 2.12. The number of benzene rings is 1. The van der Waals surface area contributed by atoms with Crippen LogP contribution in [0.5, 0.6) is 0 Å². The van der Waals surface area contributed by atoms with Gasteiger partial charge in [-0.05, 0) is 26.8 Å². The molecule has 1 aliphatic rings. The first-order chi connectivity index (χ1) is 12.0. The standard InChI is InChI=1S/C18H24N4O3/c1-12-11-16(15-5-4-6-17(22(23)24)18(15)19-12)20-13(2)14(3)21-7-9-25-10-8-21/h4-6,11,13-14H,7-10H2,1-3H3,(H,19,20). The van der Waals surface area contributed by atoms with E-state index >= 15 is 0 Å². The van der Waals surface area contributed by atoms with Gasteiger partial charge < -0.3 is 10.1 Å². The number of morpholine rings is 1. The Bertz CT molecular complexity index is 774. The van der Waals surface area contributed by atoms with Gasteiger partial charge in [0.1, 0.15) is 0 Å². The third-order valence-electron chi connectivity index (χ3n) is 4.87. The molecule has 0 spiro atoms. The molecule has 0 aliphatic carbocycles. The van der Waals surface area contributed by atoms with Crippen LogP contribution in [0, 0.1) is 17.0 Å². The van der Waals surface area contributed by atoms with E-state index in [1.54, 1.807) is 6.07 Å². The van der Waals surface area contributed by atoms with Crippen LogP contribution in [0.15, 0.2) is 24.3 Å². The highest BCUT2D eigenvalue weighted by atomic mass is 16.6. The van der Waals surface area contributed by atoms with E-state index in [9.17, 15) is 10.1 Å². The molecule has 1 aliphatic heterocycles. The summed E-state index contributed by atoms with van der Waals surface area (Å²) in [5.74, 6) is 0. The van der Waals surface area contributed by atoms with Crippen LogP contribution in [0.2, 0.25) is 0 Å². The van der Waals surface area contributed by atoms with E-state index in [2.05, 4.69) is 29.0 Å². The first-order valence-corrected chi connectivity index (χ1v) is 8.60. The number of anilines is 1. The van der Waals surface area contributed by atoms with Gasteiger partial charge in [-0.3, -0.25) is 15.0 Å². The van der Waals surface area contributed by atoms with Crippen molar-refractivity contribution in [3.63, 3.8) is 0 Å². The van der Waals surface area contributed by atoms with E-state index in [0.717, 1.165) is 43.1 Å². The topological polar surface area (TPSA) is 80.5 Å². The van der Waals surface area contributed by atoms with Crippen molar-refractivity contribution in [3.8, 4) is 0 Å². The van der Waals surface area contributed by atoms with Crippen molar-refractivity contribution in [2.45, 2.75) is 32.9 Å². The van der Waals surface area contributed by atoms with Crippen LogP contribution in [-0.2, 0) is 4.74 Å². The number of ether oxygens (including phenoxy) is 1. The molecule has 1 aromatic carbocycles. The monoisotopic (exact) mass is 344 g/mol. The Hall–Kier alpha value is -2.25. The summed E-state index contributed by atoms with van der Waals surface area (Å²) in [7, 11) is 0. The fourth-order valence-corrected chi connectivity index (χ4v) is 3.30. The van der Waals surface area contributed by atoms with Crippen molar-refractivity contribution in [1.82, 2.24) is 9.88 Å². The Morgan fingerprint density at radius 2 is 2.04 bits per heavy atom. The van der Waals surface area contributed by atoms with Gasteiger partial charge in [0.15, 0.2) is 5.52 Å². The molecule has 0 radical (unpaired) electrons. The lowest BCUT2D eigenvalue weighted by molar-refractivity contribution is -0.383. The lowest BCUT2D eigenvalue weighted by atomic mass is 10.1. The van der Waals surface area contributed by atoms with Crippen LogP contribution in [0.3, 0.4) is 0 Å². The minimum Gasteiger partial charge on any atom is -0.380 e. The van der Waals surface area contributed by atoms with Gasteiger partial charge in [-0.25, -0.2) is 4.98 Å². The van der Waals surface area contributed by atoms with Crippen LogP contribution >= 0.6 is 0 Å². The number of nitro groups is 1. The van der Waals surface area contributed by atoms with Crippen molar-refractivity contribution in [2.75, 3.05) is 31.6 Å². The SMILES string of the molecule is Cc1cc(NC(C)C(C)N2CCOCC2)c2cccc([N+](=O)[O-])c2n1. The molecule has 7 nitrogen and oxygen atoms in total. The molecule has 7 heteroatoms. The number of pyridine rings is 1. The molecule has 1 saturated heterocycles. The normalized spacial score (nSPS) is 18.0. The number of non-ortho nitro benzene ring substituents is 1. The molecular formula is C18H24N4O3. The van der Waals surface area contributed by atoms with Crippen molar-refractivity contribution >= 4 is 22.3 Å². The predicted molar refractivity (Wildman–Crippen MR) is 98.1 cm³/mol. The van der Waals surface area contributed by atoms with E-state index in [0.29, 0.717) is 11.6 Å². The van der Waals surface area contributed by atoms with Gasteiger partial charge in [0.25, 0.3) is 5.69 Å². The zero-order valence-corrected chi connectivity index (χ0v) is 14.9. The third kappa shape index (κ3) is 3.72. The molecule has 0 amide bonds. The van der Waals surface area contributed by atoms with Crippen LogP contribution in [0.4, 0.5) is 11.4 Å². The number of rotatable bonds is 5. The maximum absolute atomic E-state index is 11.3. The first-order valence-electron chi connectivity index (χ1n) is 8.60. The smallest absolute Gasteiger partial charge is 0.295 e. The third-order valence-corrected chi connectivity index (χ3v) is 4.87. The molecule has 25 heavy (non-hydrogen) atoms. The quantitative estimate of drug-likeness (QED) is 0.663. The Kier molecular flexibility index (Phi) is 5.15. The maximum atomic E-state index is 11.3. The van der Waals surface area contributed by atoms with Gasteiger partial charge in [-0.1, -0.05) is 12.1 Å². The molecule has 2 aromatic rings. The van der Waals surface area contributed by atoms with Gasteiger partial charge in [0.2, 0.25) is 0 Å². The summed E-state index contributed by atoms with van der Waals surface area (Å²) in [6.07, 6.45) is 0. The molecule has 134 valence electrons. The van der Waals surface area contributed by atoms with Crippen molar-refractivity contribution in [2.24, 2.45) is 0 Å². The lowest BCUT2D eigenvalue weighted by Gasteiger charge is -2.36. The largest absolute Gasteiger partial charge is 0.380 e. The first kappa shape index (κ1) is 17.6. The van der Waals surface area contributed by atoms with Gasteiger partial charge in [0, 0.05) is 48.0 Å². The Morgan fingerprint density at radius 1 is 1.32 bits per heavy atom. The van der Waals surface area contributed by atoms with Gasteiger partial charge in [0.05, 0.1) is 18.1 Å². The highest BCUT2D eigenvalue weighted by Crippen LogP contribution is 2.30. The molecule has 3 rings (SSSR count). The molecule has 2 unspecified atom stereocenters. The highest BCUT2D eigenvalue weighted by Gasteiger charge is 2.23. The summed E-state index contributed by atoms with van der Waals surface area (Å²) in [6.45, 7) is 9.57. The molecule has 0 bridgehead atoms. The predicted octanol–water partition coefficient (Wildman–Crippen LogP) is 2.97. The minimum absolute atomic E-state index is 0.0399. The minimum atomic E-state index is -0.377. The van der Waals surface area contributed by atoms with Crippen molar-refractivity contribution < 1.29 is 9.66 Å². The number of nitrogens with zero attached hydrogens (tertiary/aromatic N) is 3. The van der Waals surface area contributed by atoms with Crippen LogP contribution in [0.25, 0.3) is 10.9 Å². The summed E-state index contributed by atoms with van der Waals surface area (Å²) < 4.78 is 5.42. The fourth-order valence-electron chi connectivity index (χ4n) is 3.30. The summed E-state index contributed by atoms with van der Waals surface area (Å²) in [4.78, 5) is 17.7. The van der Waals surface area contributed by atoms with E-state index < -0.39 is 0 Å². The van der Waals surface area contributed by atoms with E-state index in [4.69, 9.17) is 4.74 Å². The van der Waals surface area contributed by atoms with E-state index in [1.165, 1.54) is 6.07 Å². The second-order valence-corrected chi connectivity index (χ2v) is 6.56. The van der Waals surface area contributed by atoms with Crippen LogP contribution in [0.1, 0.15) is 19.5 Å². The zero-order valence-electron chi connectivity index (χ0n) is 14.9.